The van der Waals surface area contributed by atoms with E-state index in [2.05, 4.69) is 13.8 Å². The number of hydrogen-bond donors (Lipinski definition) is 2. The number of amides is 2. The van der Waals surface area contributed by atoms with Gasteiger partial charge in [-0.1, -0.05) is 26.0 Å². The van der Waals surface area contributed by atoms with E-state index in [1.807, 2.05) is 38.1 Å². The number of carbonyl (C=O) groups is 2. The topological polar surface area (TPSA) is 92.9 Å². The molecule has 1 unspecified atom stereocenters. The number of carbonyl (C=O) groups excluding carboxylic acids is 2. The van der Waals surface area contributed by atoms with Crippen molar-refractivity contribution in [2.24, 2.45) is 11.7 Å². The van der Waals surface area contributed by atoms with Crippen LogP contribution in [0.2, 0.25) is 0 Å². The first-order valence-electron chi connectivity index (χ1n) is 9.11. The van der Waals surface area contributed by atoms with E-state index in [9.17, 15) is 14.7 Å². The number of primary amides is 1. The summed E-state index contributed by atoms with van der Waals surface area (Å²) in [6.45, 7) is 8.95. The van der Waals surface area contributed by atoms with Crippen LogP contribution < -0.4 is 10.5 Å². The van der Waals surface area contributed by atoms with Crippen molar-refractivity contribution in [1.29, 1.82) is 0 Å². The highest BCUT2D eigenvalue weighted by Gasteiger charge is 2.43. The molecule has 2 amide bonds. The number of nitrogens with zero attached hydrogens (tertiary/aromatic N) is 1. The zero-order valence-electron chi connectivity index (χ0n) is 16.1. The van der Waals surface area contributed by atoms with E-state index < -0.39 is 16.9 Å². The van der Waals surface area contributed by atoms with Crippen molar-refractivity contribution in [3.8, 4) is 5.75 Å². The Morgan fingerprint density at radius 2 is 1.92 bits per heavy atom. The van der Waals surface area contributed by atoms with Crippen LogP contribution in [-0.2, 0) is 15.0 Å². The summed E-state index contributed by atoms with van der Waals surface area (Å²) in [5, 5.41) is 10.4. The minimum atomic E-state index is -1.64. The fourth-order valence-corrected chi connectivity index (χ4v) is 3.16. The summed E-state index contributed by atoms with van der Waals surface area (Å²) in [6.07, 6.45) is 0.831. The minimum Gasteiger partial charge on any atom is -0.493 e. The van der Waals surface area contributed by atoms with Crippen molar-refractivity contribution in [2.45, 2.75) is 51.6 Å². The molecule has 0 saturated carbocycles. The van der Waals surface area contributed by atoms with Gasteiger partial charge >= 0.3 is 0 Å². The maximum atomic E-state index is 13.1. The molecule has 1 aromatic rings. The summed E-state index contributed by atoms with van der Waals surface area (Å²) >= 11 is 0. The normalized spacial score (nSPS) is 20.9. The highest BCUT2D eigenvalue weighted by Crippen LogP contribution is 2.30. The summed E-state index contributed by atoms with van der Waals surface area (Å²) < 4.78 is 5.69. The summed E-state index contributed by atoms with van der Waals surface area (Å²) in [4.78, 5) is 26.1. The molecule has 0 radical (unpaired) electrons. The SMILES string of the molecule is CC(C)COc1ccc(C(C)(C)C(=O)N2CCCC(O)(C(N)=O)C2)cc1. The van der Waals surface area contributed by atoms with Crippen molar-refractivity contribution in [2.75, 3.05) is 19.7 Å². The third-order valence-electron chi connectivity index (χ3n) is 4.91. The van der Waals surface area contributed by atoms with E-state index in [1.54, 1.807) is 0 Å². The molecule has 1 fully saturated rings. The summed E-state index contributed by atoms with van der Waals surface area (Å²) in [6, 6.07) is 7.50. The Morgan fingerprint density at radius 3 is 2.46 bits per heavy atom. The Morgan fingerprint density at radius 1 is 1.31 bits per heavy atom. The molecule has 0 spiro atoms. The van der Waals surface area contributed by atoms with Crippen LogP contribution in [0.25, 0.3) is 0 Å². The molecule has 0 aromatic heterocycles. The fourth-order valence-electron chi connectivity index (χ4n) is 3.16. The summed E-state index contributed by atoms with van der Waals surface area (Å²) in [5.74, 6) is 0.301. The van der Waals surface area contributed by atoms with Gasteiger partial charge in [-0.15, -0.1) is 0 Å². The average molecular weight is 362 g/mol. The maximum Gasteiger partial charge on any atom is 0.251 e. The van der Waals surface area contributed by atoms with Gasteiger partial charge < -0.3 is 20.5 Å². The number of benzene rings is 1. The highest BCUT2D eigenvalue weighted by molar-refractivity contribution is 5.89. The second-order valence-corrected chi connectivity index (χ2v) is 8.08. The molecule has 0 bridgehead atoms. The molecular weight excluding hydrogens is 332 g/mol. The van der Waals surface area contributed by atoms with Gasteiger partial charge in [-0.2, -0.15) is 0 Å². The molecule has 1 heterocycles. The first-order chi connectivity index (χ1) is 12.1. The number of piperidine rings is 1. The Balaban J connectivity index is 2.13. The molecule has 6 nitrogen and oxygen atoms in total. The van der Waals surface area contributed by atoms with E-state index in [0.717, 1.165) is 11.3 Å². The highest BCUT2D eigenvalue weighted by atomic mass is 16.5. The molecule has 26 heavy (non-hydrogen) atoms. The number of rotatable bonds is 6. The van der Waals surface area contributed by atoms with Crippen LogP contribution >= 0.6 is 0 Å². The fraction of sp³-hybridized carbons (Fsp3) is 0.600. The second kappa shape index (κ2) is 7.66. The Hall–Kier alpha value is -2.08. The summed E-state index contributed by atoms with van der Waals surface area (Å²) in [7, 11) is 0. The van der Waals surface area contributed by atoms with Gasteiger partial charge in [0.2, 0.25) is 5.91 Å². The lowest BCUT2D eigenvalue weighted by molar-refractivity contribution is -0.151. The summed E-state index contributed by atoms with van der Waals surface area (Å²) in [5.41, 5.74) is 3.74. The van der Waals surface area contributed by atoms with Gasteiger partial charge in [-0.3, -0.25) is 9.59 Å². The van der Waals surface area contributed by atoms with Crippen LogP contribution in [0, 0.1) is 5.92 Å². The van der Waals surface area contributed by atoms with E-state index in [0.29, 0.717) is 25.5 Å². The Kier molecular flexibility index (Phi) is 5.96. The molecule has 0 aliphatic carbocycles. The predicted octanol–water partition coefficient (Wildman–Crippen LogP) is 1.84. The van der Waals surface area contributed by atoms with E-state index in [4.69, 9.17) is 10.5 Å². The van der Waals surface area contributed by atoms with Crippen molar-refractivity contribution in [3.05, 3.63) is 29.8 Å². The van der Waals surface area contributed by atoms with Crippen LogP contribution in [0.1, 0.15) is 46.1 Å². The number of ether oxygens (including phenoxy) is 1. The molecule has 1 aliphatic heterocycles. The quantitative estimate of drug-likeness (QED) is 0.807. The van der Waals surface area contributed by atoms with Crippen LogP contribution in [-0.4, -0.2) is 47.1 Å². The van der Waals surface area contributed by atoms with E-state index in [-0.39, 0.29) is 18.9 Å². The lowest BCUT2D eigenvalue weighted by atomic mass is 9.81. The second-order valence-electron chi connectivity index (χ2n) is 8.08. The Bertz CT molecular complexity index is 654. The van der Waals surface area contributed by atoms with Gasteiger partial charge in [0.05, 0.1) is 18.6 Å². The van der Waals surface area contributed by atoms with Crippen molar-refractivity contribution < 1.29 is 19.4 Å². The van der Waals surface area contributed by atoms with Crippen LogP contribution in [0.4, 0.5) is 0 Å². The first kappa shape index (κ1) is 20.2. The third-order valence-corrected chi connectivity index (χ3v) is 4.91. The maximum absolute atomic E-state index is 13.1. The minimum absolute atomic E-state index is 0.0554. The lowest BCUT2D eigenvalue weighted by Crippen LogP contribution is -2.59. The number of likely N-dealkylation sites (tertiary alicyclic amines) is 1. The van der Waals surface area contributed by atoms with Gasteiger partial charge in [-0.05, 0) is 50.3 Å². The van der Waals surface area contributed by atoms with E-state index in [1.165, 1.54) is 4.90 Å². The van der Waals surface area contributed by atoms with Crippen molar-refractivity contribution in [1.82, 2.24) is 4.90 Å². The van der Waals surface area contributed by atoms with Gasteiger partial charge in [0.15, 0.2) is 5.60 Å². The van der Waals surface area contributed by atoms with Gasteiger partial charge in [0, 0.05) is 6.54 Å². The zero-order valence-corrected chi connectivity index (χ0v) is 16.1. The van der Waals surface area contributed by atoms with Crippen molar-refractivity contribution >= 4 is 11.8 Å². The molecule has 1 saturated heterocycles. The molecule has 1 atom stereocenters. The molecule has 1 aromatic carbocycles. The molecule has 2 rings (SSSR count). The molecule has 3 N–H and O–H groups in total. The molecule has 1 aliphatic rings. The van der Waals surface area contributed by atoms with E-state index >= 15 is 0 Å². The standard InChI is InChI=1S/C20H30N2O4/c1-14(2)12-26-16-8-6-15(7-9-16)19(3,4)18(24)22-11-5-10-20(25,13-22)17(21)23/h6-9,14,25H,5,10-13H2,1-4H3,(H2,21,23). The number of nitrogens with two attached hydrogens (primary N) is 1. The zero-order chi connectivity index (χ0) is 19.5. The monoisotopic (exact) mass is 362 g/mol. The number of hydrogen-bond acceptors (Lipinski definition) is 4. The Labute approximate surface area is 155 Å². The van der Waals surface area contributed by atoms with Gasteiger partial charge in [0.25, 0.3) is 5.91 Å². The van der Waals surface area contributed by atoms with Crippen LogP contribution in [0.15, 0.2) is 24.3 Å². The first-order valence-corrected chi connectivity index (χ1v) is 9.11. The average Bonchev–Trinajstić information content (AvgIpc) is 2.59. The number of aliphatic hydroxyl groups is 1. The third kappa shape index (κ3) is 4.36. The lowest BCUT2D eigenvalue weighted by Gasteiger charge is -2.40. The number of β-amino-alcohol motifs (C(OH)–C–C–N with tert-alkyl or cyclic N) is 1. The smallest absolute Gasteiger partial charge is 0.251 e. The van der Waals surface area contributed by atoms with Gasteiger partial charge in [0.1, 0.15) is 5.75 Å². The van der Waals surface area contributed by atoms with Crippen LogP contribution in [0.3, 0.4) is 0 Å². The van der Waals surface area contributed by atoms with Gasteiger partial charge in [-0.25, -0.2) is 0 Å². The largest absolute Gasteiger partial charge is 0.493 e. The molecule has 6 heteroatoms. The predicted molar refractivity (Wildman–Crippen MR) is 99.8 cm³/mol. The molecule has 144 valence electrons. The molecular formula is C20H30N2O4. The van der Waals surface area contributed by atoms with Crippen molar-refractivity contribution in [3.63, 3.8) is 0 Å². The van der Waals surface area contributed by atoms with Crippen LogP contribution in [0.5, 0.6) is 5.75 Å².